The molecule has 0 aliphatic heterocycles. The van der Waals surface area contributed by atoms with Crippen molar-refractivity contribution in [2.24, 2.45) is 5.73 Å². The molecule has 0 unspecified atom stereocenters. The second-order valence-corrected chi connectivity index (χ2v) is 4.12. The average molecular weight is 281 g/mol. The first kappa shape index (κ1) is 11.8. The normalized spacial score (nSPS) is 12.9. The van der Waals surface area contributed by atoms with Crippen molar-refractivity contribution in [1.29, 1.82) is 0 Å². The number of aliphatic hydroxyl groups excluding tert-OH is 1. The summed E-state index contributed by atoms with van der Waals surface area (Å²) < 4.78 is 0.435. The molecule has 14 heavy (non-hydrogen) atoms. The Kier molecular flexibility index (Phi) is 4.19. The molecule has 3 nitrogen and oxygen atoms in total. The zero-order valence-electron chi connectivity index (χ0n) is 7.37. The number of rotatable bonds is 3. The molecule has 0 spiro atoms. The quantitative estimate of drug-likeness (QED) is 0.795. The van der Waals surface area contributed by atoms with Gasteiger partial charge in [-0.25, -0.2) is 0 Å². The Morgan fingerprint density at radius 3 is 2.71 bits per heavy atom. The third kappa shape index (κ3) is 2.39. The van der Waals surface area contributed by atoms with Gasteiger partial charge in [-0.05, 0) is 28.4 Å². The van der Waals surface area contributed by atoms with E-state index in [9.17, 15) is 5.11 Å². The van der Waals surface area contributed by atoms with Crippen LogP contribution in [0.3, 0.4) is 0 Å². The Balaban J connectivity index is 3.04. The highest BCUT2D eigenvalue weighted by Crippen LogP contribution is 2.37. The highest BCUT2D eigenvalue weighted by Gasteiger charge is 2.14. The van der Waals surface area contributed by atoms with Crippen LogP contribution in [-0.2, 0) is 0 Å². The SMILES string of the molecule is N[C@@H](CCO)c1ccc(Cl)c(Br)c1O. The van der Waals surface area contributed by atoms with Gasteiger partial charge >= 0.3 is 0 Å². The van der Waals surface area contributed by atoms with Crippen molar-refractivity contribution >= 4 is 27.5 Å². The summed E-state index contributed by atoms with van der Waals surface area (Å²) in [7, 11) is 0. The predicted octanol–water partition coefficient (Wildman–Crippen LogP) is 2.19. The van der Waals surface area contributed by atoms with Gasteiger partial charge in [-0.2, -0.15) is 0 Å². The van der Waals surface area contributed by atoms with Crippen molar-refractivity contribution < 1.29 is 10.2 Å². The first-order chi connectivity index (χ1) is 6.57. The molecule has 0 saturated heterocycles. The van der Waals surface area contributed by atoms with Gasteiger partial charge in [-0.3, -0.25) is 0 Å². The maximum Gasteiger partial charge on any atom is 0.136 e. The number of hydrogen-bond donors (Lipinski definition) is 3. The molecule has 0 fully saturated rings. The summed E-state index contributed by atoms with van der Waals surface area (Å²) in [6.45, 7) is -0.0130. The number of phenolic OH excluding ortho intramolecular Hbond substituents is 1. The zero-order valence-corrected chi connectivity index (χ0v) is 9.72. The third-order valence-electron chi connectivity index (χ3n) is 1.94. The number of phenols is 1. The van der Waals surface area contributed by atoms with Crippen molar-refractivity contribution in [3.63, 3.8) is 0 Å². The largest absolute Gasteiger partial charge is 0.506 e. The molecule has 4 N–H and O–H groups in total. The van der Waals surface area contributed by atoms with Crippen molar-refractivity contribution in [2.45, 2.75) is 12.5 Å². The van der Waals surface area contributed by atoms with Gasteiger partial charge < -0.3 is 15.9 Å². The lowest BCUT2D eigenvalue weighted by Gasteiger charge is -2.13. The van der Waals surface area contributed by atoms with Crippen molar-refractivity contribution in [3.8, 4) is 5.75 Å². The molecule has 0 aliphatic carbocycles. The number of aromatic hydroxyl groups is 1. The van der Waals surface area contributed by atoms with E-state index < -0.39 is 0 Å². The third-order valence-corrected chi connectivity index (χ3v) is 3.29. The van der Waals surface area contributed by atoms with Crippen molar-refractivity contribution in [3.05, 3.63) is 27.2 Å². The molecule has 78 valence electrons. The maximum atomic E-state index is 9.68. The summed E-state index contributed by atoms with van der Waals surface area (Å²) in [5, 5.41) is 18.8. The number of aliphatic hydroxyl groups is 1. The van der Waals surface area contributed by atoms with Gasteiger partial charge in [0.05, 0.1) is 9.50 Å². The molecule has 1 rings (SSSR count). The van der Waals surface area contributed by atoms with Crippen molar-refractivity contribution in [1.82, 2.24) is 0 Å². The first-order valence-electron chi connectivity index (χ1n) is 4.11. The van der Waals surface area contributed by atoms with Gasteiger partial charge in [0, 0.05) is 18.2 Å². The molecule has 0 saturated carbocycles. The number of halogens is 2. The van der Waals surface area contributed by atoms with Crippen LogP contribution < -0.4 is 5.73 Å². The van der Waals surface area contributed by atoms with E-state index >= 15 is 0 Å². The van der Waals surface area contributed by atoms with Crippen LogP contribution in [0, 0.1) is 0 Å². The molecule has 0 bridgehead atoms. The molecule has 0 radical (unpaired) electrons. The minimum Gasteiger partial charge on any atom is -0.506 e. The number of nitrogens with two attached hydrogens (primary N) is 1. The topological polar surface area (TPSA) is 66.5 Å². The van der Waals surface area contributed by atoms with Gasteiger partial charge in [-0.1, -0.05) is 17.7 Å². The van der Waals surface area contributed by atoms with E-state index in [0.717, 1.165) is 0 Å². The Morgan fingerprint density at radius 2 is 2.14 bits per heavy atom. The van der Waals surface area contributed by atoms with E-state index in [1.165, 1.54) is 0 Å². The van der Waals surface area contributed by atoms with E-state index in [1.54, 1.807) is 12.1 Å². The summed E-state index contributed by atoms with van der Waals surface area (Å²) in [5.41, 5.74) is 6.32. The Hall–Kier alpha value is -0.290. The molecule has 0 aliphatic rings. The van der Waals surface area contributed by atoms with E-state index in [4.69, 9.17) is 22.4 Å². The summed E-state index contributed by atoms with van der Waals surface area (Å²) in [4.78, 5) is 0. The Bertz CT molecular complexity index is 333. The van der Waals surface area contributed by atoms with E-state index in [-0.39, 0.29) is 18.4 Å². The van der Waals surface area contributed by atoms with Gasteiger partial charge in [0.15, 0.2) is 0 Å². The summed E-state index contributed by atoms with van der Waals surface area (Å²) in [5.74, 6) is 0.0402. The van der Waals surface area contributed by atoms with Crippen LogP contribution in [0.25, 0.3) is 0 Å². The molecule has 1 atom stereocenters. The van der Waals surface area contributed by atoms with E-state index in [0.29, 0.717) is 21.5 Å². The lowest BCUT2D eigenvalue weighted by molar-refractivity contribution is 0.275. The van der Waals surface area contributed by atoms with Crippen LogP contribution in [0.15, 0.2) is 16.6 Å². The molecule has 0 heterocycles. The van der Waals surface area contributed by atoms with Crippen LogP contribution in [0.5, 0.6) is 5.75 Å². The molecule has 0 amide bonds. The molecule has 5 heteroatoms. The average Bonchev–Trinajstić information content (AvgIpc) is 2.15. The fourth-order valence-electron chi connectivity index (χ4n) is 1.15. The summed E-state index contributed by atoms with van der Waals surface area (Å²) >= 11 is 8.92. The second kappa shape index (κ2) is 4.98. The Morgan fingerprint density at radius 1 is 1.50 bits per heavy atom. The van der Waals surface area contributed by atoms with Gasteiger partial charge in [0.2, 0.25) is 0 Å². The van der Waals surface area contributed by atoms with Crippen LogP contribution in [0.2, 0.25) is 5.02 Å². The van der Waals surface area contributed by atoms with Gasteiger partial charge in [-0.15, -0.1) is 0 Å². The minimum atomic E-state index is -0.381. The van der Waals surface area contributed by atoms with Crippen LogP contribution in [0.1, 0.15) is 18.0 Å². The lowest BCUT2D eigenvalue weighted by atomic mass is 10.0. The fourth-order valence-corrected chi connectivity index (χ4v) is 1.66. The van der Waals surface area contributed by atoms with Gasteiger partial charge in [0.25, 0.3) is 0 Å². The maximum absolute atomic E-state index is 9.68. The molecule has 1 aromatic carbocycles. The molecule has 0 aromatic heterocycles. The van der Waals surface area contributed by atoms with Crippen molar-refractivity contribution in [2.75, 3.05) is 6.61 Å². The highest BCUT2D eigenvalue weighted by atomic mass is 79.9. The van der Waals surface area contributed by atoms with Crippen LogP contribution in [0.4, 0.5) is 0 Å². The number of hydrogen-bond acceptors (Lipinski definition) is 3. The minimum absolute atomic E-state index is 0.0130. The standard InChI is InChI=1S/C9H11BrClNO2/c10-8-6(11)2-1-5(9(8)14)7(12)3-4-13/h1-2,7,13-14H,3-4,12H2/t7-/m0/s1. The predicted molar refractivity (Wildman–Crippen MR) is 59.4 cm³/mol. The number of benzene rings is 1. The highest BCUT2D eigenvalue weighted by molar-refractivity contribution is 9.10. The molecular weight excluding hydrogens is 269 g/mol. The molecule has 1 aromatic rings. The van der Waals surface area contributed by atoms with Crippen LogP contribution >= 0.6 is 27.5 Å². The molecular formula is C9H11BrClNO2. The van der Waals surface area contributed by atoms with Crippen LogP contribution in [-0.4, -0.2) is 16.8 Å². The van der Waals surface area contributed by atoms with E-state index in [1.807, 2.05) is 0 Å². The van der Waals surface area contributed by atoms with Gasteiger partial charge in [0.1, 0.15) is 5.75 Å². The fraction of sp³-hybridized carbons (Fsp3) is 0.333. The Labute approximate surface area is 95.6 Å². The lowest BCUT2D eigenvalue weighted by Crippen LogP contribution is -2.12. The first-order valence-corrected chi connectivity index (χ1v) is 5.28. The second-order valence-electron chi connectivity index (χ2n) is 2.92. The zero-order chi connectivity index (χ0) is 10.7. The summed E-state index contributed by atoms with van der Waals surface area (Å²) in [6, 6.07) is 2.93. The monoisotopic (exact) mass is 279 g/mol. The summed E-state index contributed by atoms with van der Waals surface area (Å²) in [6.07, 6.45) is 0.404. The van der Waals surface area contributed by atoms with E-state index in [2.05, 4.69) is 15.9 Å². The smallest absolute Gasteiger partial charge is 0.136 e.